The number of rotatable bonds is 8. The van der Waals surface area contributed by atoms with Crippen LogP contribution in [0.1, 0.15) is 17.3 Å². The van der Waals surface area contributed by atoms with Gasteiger partial charge in [0.25, 0.3) is 5.91 Å². The molecule has 0 aliphatic carbocycles. The number of hydrogen-bond acceptors (Lipinski definition) is 5. The second-order valence-corrected chi connectivity index (χ2v) is 6.38. The van der Waals surface area contributed by atoms with Crippen LogP contribution in [0.25, 0.3) is 16.9 Å². The summed E-state index contributed by atoms with van der Waals surface area (Å²) >= 11 is 0. The van der Waals surface area contributed by atoms with E-state index in [2.05, 4.69) is 15.7 Å². The molecule has 156 valence electrons. The van der Waals surface area contributed by atoms with E-state index in [0.717, 1.165) is 5.69 Å². The Morgan fingerprint density at radius 2 is 1.73 bits per heavy atom. The fraction of sp³-hybridized carbons (Fsp3) is 0.227. The van der Waals surface area contributed by atoms with Gasteiger partial charge in [-0.1, -0.05) is 18.2 Å². The molecule has 1 heterocycles. The molecule has 0 saturated heterocycles. The summed E-state index contributed by atoms with van der Waals surface area (Å²) in [5.74, 6) is 0.450. The van der Waals surface area contributed by atoms with Gasteiger partial charge in [-0.05, 0) is 37.3 Å². The summed E-state index contributed by atoms with van der Waals surface area (Å²) in [5.41, 5.74) is 2.30. The van der Waals surface area contributed by atoms with E-state index in [1.54, 1.807) is 43.3 Å². The zero-order valence-corrected chi connectivity index (χ0v) is 17.1. The van der Waals surface area contributed by atoms with Crippen molar-refractivity contribution in [2.45, 2.75) is 6.92 Å². The molecule has 2 N–H and O–H groups in total. The van der Waals surface area contributed by atoms with Crippen LogP contribution in [0.5, 0.6) is 11.5 Å². The number of methoxy groups -OCH3 is 2. The highest BCUT2D eigenvalue weighted by molar-refractivity contribution is 6.01. The van der Waals surface area contributed by atoms with E-state index in [-0.39, 0.29) is 12.5 Å². The van der Waals surface area contributed by atoms with E-state index in [9.17, 15) is 9.59 Å². The zero-order chi connectivity index (χ0) is 21.5. The van der Waals surface area contributed by atoms with E-state index < -0.39 is 5.91 Å². The summed E-state index contributed by atoms with van der Waals surface area (Å²) in [7, 11) is 3.10. The number of carbonyl (C=O) groups is 2. The lowest BCUT2D eigenvalue weighted by Gasteiger charge is -2.09. The van der Waals surface area contributed by atoms with E-state index >= 15 is 0 Å². The maximum Gasteiger partial charge on any atom is 0.255 e. The Balaban J connectivity index is 2.01. The molecule has 2 amide bonds. The molecule has 3 aromatic rings. The van der Waals surface area contributed by atoms with E-state index in [0.29, 0.717) is 34.9 Å². The molecule has 8 nitrogen and oxygen atoms in total. The van der Waals surface area contributed by atoms with Crippen molar-refractivity contribution in [3.05, 3.63) is 60.3 Å². The Morgan fingerprint density at radius 3 is 2.40 bits per heavy atom. The Hall–Kier alpha value is -3.81. The van der Waals surface area contributed by atoms with Crippen LogP contribution >= 0.6 is 0 Å². The molecular formula is C22H24N4O4. The van der Waals surface area contributed by atoms with Gasteiger partial charge in [-0.15, -0.1) is 0 Å². The highest BCUT2D eigenvalue weighted by Gasteiger charge is 2.20. The predicted octanol–water partition coefficient (Wildman–Crippen LogP) is 2.42. The Bertz CT molecular complexity index is 1030. The van der Waals surface area contributed by atoms with Crippen molar-refractivity contribution in [1.82, 2.24) is 20.4 Å². The molecule has 0 fully saturated rings. The lowest BCUT2D eigenvalue weighted by atomic mass is 10.1. The Kier molecular flexibility index (Phi) is 6.69. The van der Waals surface area contributed by atoms with E-state index in [1.165, 1.54) is 0 Å². The fourth-order valence-electron chi connectivity index (χ4n) is 2.97. The molecule has 0 spiro atoms. The predicted molar refractivity (Wildman–Crippen MR) is 113 cm³/mol. The van der Waals surface area contributed by atoms with Crippen molar-refractivity contribution in [2.24, 2.45) is 0 Å². The molecule has 0 aliphatic heterocycles. The number of amides is 2. The van der Waals surface area contributed by atoms with Crippen LogP contribution in [0.4, 0.5) is 0 Å². The molecular weight excluding hydrogens is 384 g/mol. The number of nitrogens with one attached hydrogen (secondary N) is 2. The molecule has 0 atom stereocenters. The molecule has 0 saturated carbocycles. The quantitative estimate of drug-likeness (QED) is 0.597. The normalized spacial score (nSPS) is 10.4. The summed E-state index contributed by atoms with van der Waals surface area (Å²) in [6, 6.07) is 14.8. The monoisotopic (exact) mass is 408 g/mol. The minimum absolute atomic E-state index is 0.117. The SMILES string of the molecule is CCNC(=O)CNC(=O)c1cn(-c2ccccc2)nc1-c1ccc(OC)c(OC)c1. The maximum absolute atomic E-state index is 12.9. The summed E-state index contributed by atoms with van der Waals surface area (Å²) in [4.78, 5) is 24.6. The van der Waals surface area contributed by atoms with Crippen molar-refractivity contribution < 1.29 is 19.1 Å². The van der Waals surface area contributed by atoms with Gasteiger partial charge in [0.05, 0.1) is 32.0 Å². The number of para-hydroxylation sites is 1. The third kappa shape index (κ3) is 4.60. The van der Waals surface area contributed by atoms with Crippen LogP contribution in [0.2, 0.25) is 0 Å². The third-order valence-corrected chi connectivity index (χ3v) is 4.42. The van der Waals surface area contributed by atoms with Gasteiger partial charge in [0, 0.05) is 18.3 Å². The second-order valence-electron chi connectivity index (χ2n) is 6.38. The number of aromatic nitrogens is 2. The van der Waals surface area contributed by atoms with Crippen LogP contribution in [-0.2, 0) is 4.79 Å². The van der Waals surface area contributed by atoms with Gasteiger partial charge < -0.3 is 20.1 Å². The van der Waals surface area contributed by atoms with Gasteiger partial charge in [0.1, 0.15) is 5.69 Å². The van der Waals surface area contributed by atoms with Crippen molar-refractivity contribution in [3.63, 3.8) is 0 Å². The second kappa shape index (κ2) is 9.60. The standard InChI is InChI=1S/C22H24N4O4/c1-4-23-20(27)13-24-22(28)17-14-26(16-8-6-5-7-9-16)25-21(17)15-10-11-18(29-2)19(12-15)30-3/h5-12,14H,4,13H2,1-3H3,(H,23,27)(H,24,28). The van der Waals surface area contributed by atoms with Crippen molar-refractivity contribution in [3.8, 4) is 28.4 Å². The molecule has 0 unspecified atom stereocenters. The van der Waals surface area contributed by atoms with Gasteiger partial charge in [-0.25, -0.2) is 4.68 Å². The van der Waals surface area contributed by atoms with Gasteiger partial charge in [0.15, 0.2) is 11.5 Å². The van der Waals surface area contributed by atoms with Crippen LogP contribution in [0, 0.1) is 0 Å². The number of carbonyl (C=O) groups excluding carboxylic acids is 2. The smallest absolute Gasteiger partial charge is 0.255 e. The van der Waals surface area contributed by atoms with Gasteiger partial charge >= 0.3 is 0 Å². The highest BCUT2D eigenvalue weighted by atomic mass is 16.5. The molecule has 30 heavy (non-hydrogen) atoms. The lowest BCUT2D eigenvalue weighted by Crippen LogP contribution is -2.36. The largest absolute Gasteiger partial charge is 0.493 e. The minimum Gasteiger partial charge on any atom is -0.493 e. The van der Waals surface area contributed by atoms with Gasteiger partial charge in [-0.2, -0.15) is 5.10 Å². The van der Waals surface area contributed by atoms with Crippen LogP contribution < -0.4 is 20.1 Å². The van der Waals surface area contributed by atoms with Gasteiger partial charge in [-0.3, -0.25) is 9.59 Å². The molecule has 3 rings (SSSR count). The topological polar surface area (TPSA) is 94.5 Å². The van der Waals surface area contributed by atoms with Crippen LogP contribution in [0.3, 0.4) is 0 Å². The van der Waals surface area contributed by atoms with Crippen molar-refractivity contribution in [1.29, 1.82) is 0 Å². The zero-order valence-electron chi connectivity index (χ0n) is 17.1. The Morgan fingerprint density at radius 1 is 1.00 bits per heavy atom. The van der Waals surface area contributed by atoms with Gasteiger partial charge in [0.2, 0.25) is 5.91 Å². The van der Waals surface area contributed by atoms with Crippen LogP contribution in [-0.4, -0.2) is 48.9 Å². The van der Waals surface area contributed by atoms with Crippen molar-refractivity contribution >= 4 is 11.8 Å². The molecule has 0 aliphatic rings. The maximum atomic E-state index is 12.9. The summed E-state index contributed by atoms with van der Waals surface area (Å²) in [5, 5.41) is 9.93. The molecule has 2 aromatic carbocycles. The first kappa shape index (κ1) is 20.9. The summed E-state index contributed by atoms with van der Waals surface area (Å²) in [6.45, 7) is 2.20. The average molecular weight is 408 g/mol. The molecule has 8 heteroatoms. The molecule has 1 aromatic heterocycles. The fourth-order valence-corrected chi connectivity index (χ4v) is 2.97. The number of likely N-dealkylation sites (N-methyl/N-ethyl adjacent to an activating group) is 1. The van der Waals surface area contributed by atoms with Crippen molar-refractivity contribution in [2.75, 3.05) is 27.3 Å². The first-order valence-electron chi connectivity index (χ1n) is 9.49. The highest BCUT2D eigenvalue weighted by Crippen LogP contribution is 2.33. The number of nitrogens with zero attached hydrogens (tertiary/aromatic N) is 2. The first-order chi connectivity index (χ1) is 14.6. The average Bonchev–Trinajstić information content (AvgIpc) is 3.23. The van der Waals surface area contributed by atoms with E-state index in [1.807, 2.05) is 37.3 Å². The summed E-state index contributed by atoms with van der Waals surface area (Å²) in [6.07, 6.45) is 1.65. The molecule has 0 radical (unpaired) electrons. The number of benzene rings is 2. The number of ether oxygens (including phenoxy) is 2. The summed E-state index contributed by atoms with van der Waals surface area (Å²) < 4.78 is 12.3. The minimum atomic E-state index is -0.395. The Labute approximate surface area is 174 Å². The van der Waals surface area contributed by atoms with Crippen LogP contribution in [0.15, 0.2) is 54.7 Å². The number of hydrogen-bond donors (Lipinski definition) is 2. The third-order valence-electron chi connectivity index (χ3n) is 4.42. The van der Waals surface area contributed by atoms with E-state index in [4.69, 9.17) is 9.47 Å². The first-order valence-corrected chi connectivity index (χ1v) is 9.49. The lowest BCUT2D eigenvalue weighted by molar-refractivity contribution is -0.120. The molecule has 0 bridgehead atoms.